The number of amides is 1. The van der Waals surface area contributed by atoms with E-state index >= 15 is 0 Å². The highest BCUT2D eigenvalue weighted by Crippen LogP contribution is 2.68. The molecule has 1 aromatic rings. The average molecular weight is 530 g/mol. The zero-order valence-electron chi connectivity index (χ0n) is 23.2. The fourth-order valence-electron chi connectivity index (χ4n) is 9.80. The number of rotatable bonds is 8. The summed E-state index contributed by atoms with van der Waals surface area (Å²) < 4.78 is 0. The number of carbonyl (C=O) groups excluding carboxylic acids is 1. The van der Waals surface area contributed by atoms with Crippen LogP contribution in [0.3, 0.4) is 0 Å². The minimum atomic E-state index is -1.05. The third kappa shape index (κ3) is 4.80. The van der Waals surface area contributed by atoms with Crippen LogP contribution < -0.4 is 5.32 Å². The number of hydrogen-bond donors (Lipinski definition) is 5. The topological polar surface area (TPSA) is 136 Å². The van der Waals surface area contributed by atoms with E-state index in [1.54, 1.807) is 6.20 Å². The Bertz CT molecular complexity index is 1000. The van der Waals surface area contributed by atoms with Crippen LogP contribution in [0.2, 0.25) is 0 Å². The number of aromatic amines is 1. The van der Waals surface area contributed by atoms with Crippen molar-refractivity contribution in [2.24, 2.45) is 46.3 Å². The molecule has 11 atom stereocenters. The Balaban J connectivity index is 1.21. The lowest BCUT2D eigenvalue weighted by Crippen LogP contribution is -2.58. The number of fused-ring (bicyclic) bond motifs is 5. The molecule has 8 heteroatoms. The molecule has 0 spiro atoms. The van der Waals surface area contributed by atoms with E-state index < -0.39 is 12.0 Å². The van der Waals surface area contributed by atoms with Crippen molar-refractivity contribution in [3.63, 3.8) is 0 Å². The number of carbonyl (C=O) groups is 2. The summed E-state index contributed by atoms with van der Waals surface area (Å²) in [5.41, 5.74) is 0.759. The highest BCUT2D eigenvalue weighted by atomic mass is 16.4. The summed E-state index contributed by atoms with van der Waals surface area (Å²) in [6.07, 6.45) is 12.1. The van der Waals surface area contributed by atoms with Gasteiger partial charge < -0.3 is 25.6 Å². The van der Waals surface area contributed by atoms with Crippen LogP contribution in [0, 0.1) is 46.3 Å². The van der Waals surface area contributed by atoms with Gasteiger partial charge in [0.1, 0.15) is 6.04 Å². The number of aliphatic hydroxyl groups excluding tert-OH is 2. The Labute approximate surface area is 226 Å². The normalized spacial score (nSPS) is 41.9. The summed E-state index contributed by atoms with van der Waals surface area (Å²) in [6.45, 7) is 6.97. The number of carboxylic acid groups (broad SMARTS) is 1. The zero-order valence-corrected chi connectivity index (χ0v) is 23.2. The first kappa shape index (κ1) is 27.6. The number of hydrogen-bond acceptors (Lipinski definition) is 5. The summed E-state index contributed by atoms with van der Waals surface area (Å²) in [5.74, 6) is 1.59. The Morgan fingerprint density at radius 3 is 2.63 bits per heavy atom. The highest BCUT2D eigenvalue weighted by Gasteiger charge is 2.63. The number of nitrogens with zero attached hydrogens (tertiary/aromatic N) is 1. The van der Waals surface area contributed by atoms with Gasteiger partial charge in [-0.15, -0.1) is 0 Å². The number of aliphatic hydroxyl groups is 2. The molecule has 0 saturated heterocycles. The van der Waals surface area contributed by atoms with Gasteiger partial charge in [0.05, 0.1) is 18.5 Å². The molecule has 212 valence electrons. The van der Waals surface area contributed by atoms with E-state index in [1.807, 2.05) is 0 Å². The molecule has 1 heterocycles. The molecule has 0 unspecified atom stereocenters. The first-order valence-electron chi connectivity index (χ1n) is 14.9. The quantitative estimate of drug-likeness (QED) is 0.346. The molecule has 0 aromatic carbocycles. The van der Waals surface area contributed by atoms with Crippen molar-refractivity contribution in [1.29, 1.82) is 0 Å². The third-order valence-corrected chi connectivity index (χ3v) is 11.9. The molecular formula is C30H47N3O5. The van der Waals surface area contributed by atoms with Crippen molar-refractivity contribution in [3.05, 3.63) is 18.2 Å². The standard InChI is InChI=1S/C30H47N3O5/c1-17(4-9-27(36)33-25(28(37)38)13-19-15-31-16-32-19)22-7-8-23-21-6-5-18-12-20(34)10-11-29(18,2)24(21)14-26(35)30(22,23)3/h15-18,20-26,34-35H,4-14H2,1-3H3,(H,31,32)(H,33,36)(H,37,38)/t17-,18-,20-,21+,22-,23+,24+,25+,26+,29+,30-/m1/s1. The minimum Gasteiger partial charge on any atom is -0.480 e. The van der Waals surface area contributed by atoms with Crippen molar-refractivity contribution in [2.75, 3.05) is 0 Å². The fraction of sp³-hybridized carbons (Fsp3) is 0.833. The van der Waals surface area contributed by atoms with E-state index in [0.29, 0.717) is 41.7 Å². The molecule has 4 aliphatic carbocycles. The van der Waals surface area contributed by atoms with Gasteiger partial charge in [0, 0.05) is 24.7 Å². The summed E-state index contributed by atoms with van der Waals surface area (Å²) in [5, 5.41) is 34.3. The molecule has 1 aromatic heterocycles. The van der Waals surface area contributed by atoms with Crippen molar-refractivity contribution in [2.45, 2.75) is 110 Å². The van der Waals surface area contributed by atoms with Crippen LogP contribution in [-0.4, -0.2) is 55.4 Å². The van der Waals surface area contributed by atoms with E-state index in [9.17, 15) is 24.9 Å². The summed E-state index contributed by atoms with van der Waals surface area (Å²) in [7, 11) is 0. The van der Waals surface area contributed by atoms with Gasteiger partial charge in [0.15, 0.2) is 0 Å². The number of imidazole rings is 1. The molecule has 4 aliphatic rings. The SMILES string of the molecule is C[C@H](CCC(=O)N[C@@H](Cc1cnc[nH]1)C(=O)O)[C@H]1CC[C@H]2[C@@H]3CC[C@@H]4C[C@H](O)CC[C@]4(C)[C@H]3C[C@H](O)[C@]12C. The summed E-state index contributed by atoms with van der Waals surface area (Å²) in [6, 6.07) is -0.985. The first-order chi connectivity index (χ1) is 18.0. The van der Waals surface area contributed by atoms with Gasteiger partial charge in [-0.1, -0.05) is 20.8 Å². The van der Waals surface area contributed by atoms with Crippen molar-refractivity contribution in [1.82, 2.24) is 15.3 Å². The number of aliphatic carboxylic acids is 1. The Morgan fingerprint density at radius 1 is 1.13 bits per heavy atom. The van der Waals surface area contributed by atoms with Crippen LogP contribution in [0.4, 0.5) is 0 Å². The number of carboxylic acids is 1. The van der Waals surface area contributed by atoms with E-state index in [4.69, 9.17) is 0 Å². The monoisotopic (exact) mass is 529 g/mol. The summed E-state index contributed by atoms with van der Waals surface area (Å²) >= 11 is 0. The van der Waals surface area contributed by atoms with Crippen molar-refractivity contribution in [3.8, 4) is 0 Å². The molecule has 4 saturated carbocycles. The maximum Gasteiger partial charge on any atom is 0.326 e. The smallest absolute Gasteiger partial charge is 0.326 e. The summed E-state index contributed by atoms with van der Waals surface area (Å²) in [4.78, 5) is 31.3. The van der Waals surface area contributed by atoms with E-state index in [-0.39, 0.29) is 47.7 Å². The fourth-order valence-corrected chi connectivity index (χ4v) is 9.80. The second-order valence-electron chi connectivity index (χ2n) is 13.6. The van der Waals surface area contributed by atoms with Gasteiger partial charge in [0.25, 0.3) is 0 Å². The predicted octanol–water partition coefficient (Wildman–Crippen LogP) is 3.93. The Hall–Kier alpha value is -1.93. The van der Waals surface area contributed by atoms with Crippen LogP contribution >= 0.6 is 0 Å². The maximum absolute atomic E-state index is 12.7. The molecule has 0 radical (unpaired) electrons. The molecule has 1 amide bonds. The Morgan fingerprint density at radius 2 is 1.92 bits per heavy atom. The van der Waals surface area contributed by atoms with E-state index in [0.717, 1.165) is 38.5 Å². The predicted molar refractivity (Wildman–Crippen MR) is 143 cm³/mol. The first-order valence-corrected chi connectivity index (χ1v) is 14.9. The van der Waals surface area contributed by atoms with E-state index in [2.05, 4.69) is 36.1 Å². The van der Waals surface area contributed by atoms with Gasteiger partial charge in [0.2, 0.25) is 5.91 Å². The number of aromatic nitrogens is 2. The van der Waals surface area contributed by atoms with Crippen molar-refractivity contribution < 1.29 is 24.9 Å². The number of H-pyrrole nitrogens is 1. The average Bonchev–Trinajstić information content (AvgIpc) is 3.51. The molecule has 4 fully saturated rings. The molecule has 5 rings (SSSR count). The molecule has 5 N–H and O–H groups in total. The zero-order chi connectivity index (χ0) is 27.2. The van der Waals surface area contributed by atoms with Gasteiger partial charge in [-0.05, 0) is 104 Å². The van der Waals surface area contributed by atoms with Crippen LogP contribution in [0.25, 0.3) is 0 Å². The lowest BCUT2D eigenvalue weighted by molar-refractivity contribution is -0.175. The third-order valence-electron chi connectivity index (χ3n) is 11.9. The van der Waals surface area contributed by atoms with Gasteiger partial charge in [-0.3, -0.25) is 4.79 Å². The van der Waals surface area contributed by atoms with Crippen LogP contribution in [0.1, 0.15) is 90.7 Å². The maximum atomic E-state index is 12.7. The lowest BCUT2D eigenvalue weighted by atomic mass is 9.43. The van der Waals surface area contributed by atoms with Gasteiger partial charge in [-0.2, -0.15) is 0 Å². The van der Waals surface area contributed by atoms with Gasteiger partial charge >= 0.3 is 5.97 Å². The van der Waals surface area contributed by atoms with Crippen LogP contribution in [-0.2, 0) is 16.0 Å². The molecule has 8 nitrogen and oxygen atoms in total. The van der Waals surface area contributed by atoms with Gasteiger partial charge in [-0.25, -0.2) is 9.78 Å². The van der Waals surface area contributed by atoms with Crippen LogP contribution in [0.15, 0.2) is 12.5 Å². The molecule has 0 bridgehead atoms. The largest absolute Gasteiger partial charge is 0.480 e. The lowest BCUT2D eigenvalue weighted by Gasteiger charge is -2.62. The second kappa shape index (κ2) is 10.6. The minimum absolute atomic E-state index is 0.140. The Kier molecular flexibility index (Phi) is 7.68. The van der Waals surface area contributed by atoms with E-state index in [1.165, 1.54) is 19.2 Å². The van der Waals surface area contributed by atoms with Crippen molar-refractivity contribution >= 4 is 11.9 Å². The molecule has 0 aliphatic heterocycles. The molecular weight excluding hydrogens is 482 g/mol. The number of nitrogens with one attached hydrogen (secondary N) is 2. The van der Waals surface area contributed by atoms with Crippen LogP contribution in [0.5, 0.6) is 0 Å². The molecule has 38 heavy (non-hydrogen) atoms. The second-order valence-corrected chi connectivity index (χ2v) is 13.6. The highest BCUT2D eigenvalue weighted by molar-refractivity contribution is 5.83.